The van der Waals surface area contributed by atoms with Crippen molar-refractivity contribution in [2.24, 2.45) is 17.4 Å². The molecule has 0 aliphatic carbocycles. The van der Waals surface area contributed by atoms with Crippen LogP contribution in [0.2, 0.25) is 0 Å². The fourth-order valence-corrected chi connectivity index (χ4v) is 4.56. The molecule has 0 aromatic heterocycles. The Morgan fingerprint density at radius 1 is 0.771 bits per heavy atom. The van der Waals surface area contributed by atoms with Gasteiger partial charge in [0.25, 0.3) is 0 Å². The van der Waals surface area contributed by atoms with Gasteiger partial charge in [0, 0.05) is 0 Å². The summed E-state index contributed by atoms with van der Waals surface area (Å²) in [6, 6.07) is -7.45. The van der Waals surface area contributed by atoms with Crippen LogP contribution in [-0.4, -0.2) is 131 Å². The maximum atomic E-state index is 13.2. The predicted molar refractivity (Wildman–Crippen MR) is 178 cm³/mol. The molecule has 0 radical (unpaired) electrons. The first-order valence-electron chi connectivity index (χ1n) is 15.8. The van der Waals surface area contributed by atoms with Gasteiger partial charge in [-0.25, -0.2) is 4.79 Å². The summed E-state index contributed by atoms with van der Waals surface area (Å²) in [6.07, 6.45) is 2.25. The largest absolute Gasteiger partial charge is 0.480 e. The molecular weight excluding hydrogens is 652 g/mol. The van der Waals surface area contributed by atoms with Crippen molar-refractivity contribution in [1.29, 1.82) is 0 Å². The molecule has 6 amide bonds. The van der Waals surface area contributed by atoms with Crippen LogP contribution in [-0.2, 0) is 33.6 Å². The third kappa shape index (κ3) is 16.5. The smallest absolute Gasteiger partial charge is 0.328 e. The Morgan fingerprint density at radius 2 is 1.35 bits per heavy atom. The van der Waals surface area contributed by atoms with Gasteiger partial charge in [0.15, 0.2) is 0 Å². The number of thioether (sulfide) groups is 1. The van der Waals surface area contributed by atoms with Crippen molar-refractivity contribution >= 4 is 53.2 Å². The molecule has 8 atom stereocenters. The number of unbranched alkanes of at least 4 members (excludes halogenated alkanes) is 1. The molecule has 0 spiro atoms. The number of nitrogens with two attached hydrogens (primary N) is 2. The Morgan fingerprint density at radius 3 is 1.88 bits per heavy atom. The van der Waals surface area contributed by atoms with Crippen molar-refractivity contribution in [3.63, 3.8) is 0 Å². The highest BCUT2D eigenvalue weighted by molar-refractivity contribution is 7.98. The first-order valence-corrected chi connectivity index (χ1v) is 17.2. The Labute approximate surface area is 285 Å². The van der Waals surface area contributed by atoms with Crippen LogP contribution >= 0.6 is 11.8 Å². The topological polar surface area (TPSA) is 304 Å². The summed E-state index contributed by atoms with van der Waals surface area (Å²) in [5, 5.41) is 42.7. The first-order chi connectivity index (χ1) is 22.5. The standard InChI is InChI=1S/C29H54N8O10S/c1-6-15(2)22(31)27(44)34-19(10-12-48-5)25(42)32-13-21(40)37-23(17(4)39)28(45)35-18(9-7-8-11-30)26(43)33-16(3)24(41)36-20(14-38)29(46)47/h15-20,22-23,38-39H,6-14,30-31H2,1-5H3,(H,32,42)(H,33,43)(H,34,44)(H,35,45)(H,36,41)(H,37,40)(H,46,47)/t15-,16-,17+,18-,19-,20-,22-,23-/m0/s1. The van der Waals surface area contributed by atoms with Gasteiger partial charge in [-0.1, -0.05) is 20.3 Å². The number of aliphatic hydroxyl groups is 2. The molecule has 0 aromatic rings. The van der Waals surface area contributed by atoms with E-state index >= 15 is 0 Å². The molecule has 19 heteroatoms. The summed E-state index contributed by atoms with van der Waals surface area (Å²) in [5.41, 5.74) is 11.5. The molecule has 18 nitrogen and oxygen atoms in total. The van der Waals surface area contributed by atoms with Gasteiger partial charge >= 0.3 is 5.97 Å². The number of amides is 6. The van der Waals surface area contributed by atoms with Crippen molar-refractivity contribution in [3.05, 3.63) is 0 Å². The number of aliphatic hydroxyl groups excluding tert-OH is 2. The SMILES string of the molecule is CC[C@H](C)[C@H](N)C(=O)N[C@@H](CCSC)C(=O)NCC(=O)N[C@H](C(=O)N[C@@H](CCCCN)C(=O)N[C@@H](C)C(=O)N[C@@H](CO)C(=O)O)[C@@H](C)O. The lowest BCUT2D eigenvalue weighted by Gasteiger charge is -2.26. The minimum atomic E-state index is -1.59. The summed E-state index contributed by atoms with van der Waals surface area (Å²) >= 11 is 1.46. The van der Waals surface area contributed by atoms with Gasteiger partial charge < -0.3 is 58.7 Å². The van der Waals surface area contributed by atoms with Crippen LogP contribution in [0.25, 0.3) is 0 Å². The van der Waals surface area contributed by atoms with Gasteiger partial charge in [0.1, 0.15) is 30.2 Å². The number of carbonyl (C=O) groups excluding carboxylic acids is 6. The van der Waals surface area contributed by atoms with Crippen LogP contribution in [0, 0.1) is 5.92 Å². The number of carboxylic acid groups (broad SMARTS) is 1. The van der Waals surface area contributed by atoms with E-state index in [1.807, 2.05) is 20.1 Å². The molecule has 0 bridgehead atoms. The minimum absolute atomic E-state index is 0.0673. The van der Waals surface area contributed by atoms with Crippen molar-refractivity contribution in [1.82, 2.24) is 31.9 Å². The second-order valence-electron chi connectivity index (χ2n) is 11.4. The Bertz CT molecular complexity index is 1080. The van der Waals surface area contributed by atoms with E-state index in [4.69, 9.17) is 21.7 Å². The van der Waals surface area contributed by atoms with Gasteiger partial charge in [-0.3, -0.25) is 28.8 Å². The molecule has 0 aromatic carbocycles. The maximum absolute atomic E-state index is 13.2. The van der Waals surface area contributed by atoms with Crippen LogP contribution in [0.1, 0.15) is 59.8 Å². The first kappa shape index (κ1) is 44.5. The highest BCUT2D eigenvalue weighted by Crippen LogP contribution is 2.08. The van der Waals surface area contributed by atoms with Gasteiger partial charge in [-0.05, 0) is 64.0 Å². The highest BCUT2D eigenvalue weighted by atomic mass is 32.2. The molecule has 13 N–H and O–H groups in total. The summed E-state index contributed by atoms with van der Waals surface area (Å²) in [5.74, 6) is -5.72. The molecule has 0 saturated heterocycles. The quantitative estimate of drug-likeness (QED) is 0.0431. The van der Waals surface area contributed by atoms with Crippen molar-refractivity contribution in [2.45, 2.75) is 102 Å². The number of carboxylic acids is 1. The Hall–Kier alpha value is -3.52. The van der Waals surface area contributed by atoms with Crippen LogP contribution in [0.3, 0.4) is 0 Å². The third-order valence-electron chi connectivity index (χ3n) is 7.44. The summed E-state index contributed by atoms with van der Waals surface area (Å²) in [7, 11) is 0. The van der Waals surface area contributed by atoms with E-state index in [-0.39, 0.29) is 18.8 Å². The Balaban J connectivity index is 5.52. The van der Waals surface area contributed by atoms with Crippen molar-refractivity contribution in [2.75, 3.05) is 31.7 Å². The van der Waals surface area contributed by atoms with E-state index in [1.54, 1.807) is 0 Å². The predicted octanol–water partition coefficient (Wildman–Crippen LogP) is -3.74. The zero-order chi connectivity index (χ0) is 37.0. The van der Waals surface area contributed by atoms with Gasteiger partial charge in [-0.15, -0.1) is 0 Å². The third-order valence-corrected chi connectivity index (χ3v) is 8.08. The zero-order valence-electron chi connectivity index (χ0n) is 28.2. The fraction of sp³-hybridized carbons (Fsp3) is 0.759. The monoisotopic (exact) mass is 706 g/mol. The van der Waals surface area contributed by atoms with Gasteiger partial charge in [0.05, 0.1) is 25.3 Å². The normalized spacial score (nSPS) is 16.0. The lowest BCUT2D eigenvalue weighted by atomic mass is 9.99. The number of aliphatic carboxylic acids is 1. The highest BCUT2D eigenvalue weighted by Gasteiger charge is 2.32. The molecule has 0 saturated carbocycles. The fourth-order valence-electron chi connectivity index (χ4n) is 4.09. The summed E-state index contributed by atoms with van der Waals surface area (Å²) in [4.78, 5) is 87.9. The maximum Gasteiger partial charge on any atom is 0.328 e. The Kier molecular flexibility index (Phi) is 22.0. The number of hydrogen-bond acceptors (Lipinski definition) is 12. The van der Waals surface area contributed by atoms with Crippen LogP contribution in [0.5, 0.6) is 0 Å². The summed E-state index contributed by atoms with van der Waals surface area (Å²) < 4.78 is 0. The van der Waals surface area contributed by atoms with E-state index in [1.165, 1.54) is 25.6 Å². The molecule has 0 unspecified atom stereocenters. The van der Waals surface area contributed by atoms with E-state index in [0.29, 0.717) is 31.6 Å². The number of hydrogen-bond donors (Lipinski definition) is 11. The lowest BCUT2D eigenvalue weighted by molar-refractivity contribution is -0.143. The van der Waals surface area contributed by atoms with Crippen molar-refractivity contribution < 1.29 is 48.9 Å². The van der Waals surface area contributed by atoms with Gasteiger partial charge in [-0.2, -0.15) is 11.8 Å². The molecule has 0 aliphatic heterocycles. The average Bonchev–Trinajstić information content (AvgIpc) is 3.04. The van der Waals surface area contributed by atoms with Crippen LogP contribution in [0.15, 0.2) is 0 Å². The molecule has 0 fully saturated rings. The zero-order valence-corrected chi connectivity index (χ0v) is 29.1. The number of rotatable bonds is 24. The van der Waals surface area contributed by atoms with E-state index < -0.39 is 96.9 Å². The van der Waals surface area contributed by atoms with E-state index in [0.717, 1.165) is 0 Å². The van der Waals surface area contributed by atoms with Crippen LogP contribution < -0.4 is 43.4 Å². The minimum Gasteiger partial charge on any atom is -0.480 e. The molecule has 0 heterocycles. The second kappa shape index (κ2) is 23.7. The van der Waals surface area contributed by atoms with Crippen LogP contribution in [0.4, 0.5) is 0 Å². The summed E-state index contributed by atoms with van der Waals surface area (Å²) in [6.45, 7) is 5.01. The molecule has 48 heavy (non-hydrogen) atoms. The van der Waals surface area contributed by atoms with E-state index in [2.05, 4.69) is 31.9 Å². The molecular formula is C29H54N8O10S. The lowest BCUT2D eigenvalue weighted by Crippen LogP contribution is -2.60. The average molecular weight is 707 g/mol. The second-order valence-corrected chi connectivity index (χ2v) is 12.4. The molecule has 0 rings (SSSR count). The van der Waals surface area contributed by atoms with E-state index in [9.17, 15) is 38.7 Å². The number of carbonyl (C=O) groups is 7. The molecule has 276 valence electrons. The van der Waals surface area contributed by atoms with Gasteiger partial charge in [0.2, 0.25) is 35.4 Å². The van der Waals surface area contributed by atoms with Crippen molar-refractivity contribution in [3.8, 4) is 0 Å². The molecule has 0 aliphatic rings. The number of nitrogens with one attached hydrogen (secondary N) is 6.